The summed E-state index contributed by atoms with van der Waals surface area (Å²) in [5, 5.41) is 8.97. The van der Waals surface area contributed by atoms with E-state index in [1.807, 2.05) is 0 Å². The summed E-state index contributed by atoms with van der Waals surface area (Å²) in [6, 6.07) is 1.51. The molecule has 0 spiro atoms. The second-order valence-corrected chi connectivity index (χ2v) is 7.43. The number of ketones is 4. The minimum atomic E-state index is -1.28. The van der Waals surface area contributed by atoms with Crippen LogP contribution in [0.5, 0.6) is 5.75 Å². The van der Waals surface area contributed by atoms with Crippen molar-refractivity contribution in [2.24, 2.45) is 5.92 Å². The number of hydrogen-bond donors (Lipinski definition) is 1. The van der Waals surface area contributed by atoms with Gasteiger partial charge in [0.25, 0.3) is 0 Å². The average Bonchev–Trinajstić information content (AvgIpc) is 3.13. The molecule has 0 amide bonds. The monoisotopic (exact) mass is 454 g/mol. The maximum absolute atomic E-state index is 13.0. The molecule has 1 aromatic carbocycles. The van der Waals surface area contributed by atoms with E-state index in [4.69, 9.17) is 33.0 Å². The predicted octanol–water partition coefficient (Wildman–Crippen LogP) is 2.81. The molecule has 0 radical (unpaired) electrons. The molecule has 0 aromatic heterocycles. The molecule has 1 aliphatic carbocycles. The molecule has 30 heavy (non-hydrogen) atoms. The number of benzene rings is 1. The highest BCUT2D eigenvalue weighted by Gasteiger charge is 2.33. The SMILES string of the molecule is C=CC1Cc2cc(OCC(=O)O)c(C(=O)CC(=O)CCl)c(C(=O)CC(=O)CCl)c2C1. The van der Waals surface area contributed by atoms with Crippen LogP contribution in [0.3, 0.4) is 0 Å². The molecule has 1 N–H and O–H groups in total. The fourth-order valence-corrected chi connectivity index (χ4v) is 3.61. The van der Waals surface area contributed by atoms with Crippen molar-refractivity contribution in [2.75, 3.05) is 18.4 Å². The maximum atomic E-state index is 13.0. The fraction of sp³-hybridized carbons (Fsp3) is 0.381. The van der Waals surface area contributed by atoms with Crippen LogP contribution in [-0.4, -0.2) is 52.6 Å². The Balaban J connectivity index is 2.68. The number of carbonyl (C=O) groups is 5. The minimum Gasteiger partial charge on any atom is -0.481 e. The van der Waals surface area contributed by atoms with Gasteiger partial charge in [0.1, 0.15) is 5.75 Å². The van der Waals surface area contributed by atoms with Gasteiger partial charge in [0, 0.05) is 5.56 Å². The number of carboxylic acid groups (broad SMARTS) is 1. The standard InChI is InChI=1S/C21H20Cl2O7/c1-2-11-3-12-5-18(30-10-19(28)29)21(17(27)7-14(25)9-23)20(15(12)4-11)16(26)6-13(24)8-22/h2,5,11H,1,3-4,6-10H2,(H,28,29). The number of ether oxygens (including phenoxy) is 1. The summed E-state index contributed by atoms with van der Waals surface area (Å²) in [4.78, 5) is 60.5. The van der Waals surface area contributed by atoms with Crippen molar-refractivity contribution in [3.05, 3.63) is 41.0 Å². The van der Waals surface area contributed by atoms with Crippen molar-refractivity contribution in [2.45, 2.75) is 25.7 Å². The number of halogens is 2. The third-order valence-corrected chi connectivity index (χ3v) is 5.29. The zero-order valence-corrected chi connectivity index (χ0v) is 17.6. The lowest BCUT2D eigenvalue weighted by Gasteiger charge is -2.17. The van der Waals surface area contributed by atoms with Crippen LogP contribution in [0.2, 0.25) is 0 Å². The van der Waals surface area contributed by atoms with Crippen LogP contribution in [0.15, 0.2) is 18.7 Å². The Morgan fingerprint density at radius 2 is 1.60 bits per heavy atom. The number of Topliss-reactive ketones (excluding diaryl/α,β-unsaturated/α-hetero) is 4. The Hall–Kier alpha value is -2.51. The molecule has 7 nitrogen and oxygen atoms in total. The maximum Gasteiger partial charge on any atom is 0.341 e. The lowest BCUT2D eigenvalue weighted by atomic mass is 9.88. The highest BCUT2D eigenvalue weighted by molar-refractivity contribution is 6.31. The van der Waals surface area contributed by atoms with Crippen molar-refractivity contribution in [1.82, 2.24) is 0 Å². The first kappa shape index (κ1) is 23.8. The minimum absolute atomic E-state index is 0.00238. The molecule has 0 bridgehead atoms. The van der Waals surface area contributed by atoms with Gasteiger partial charge in [-0.25, -0.2) is 4.79 Å². The quantitative estimate of drug-likeness (QED) is 0.223. The number of fused-ring (bicyclic) bond motifs is 1. The van der Waals surface area contributed by atoms with Crippen molar-refractivity contribution < 1.29 is 33.8 Å². The summed E-state index contributed by atoms with van der Waals surface area (Å²) < 4.78 is 5.30. The first-order chi connectivity index (χ1) is 14.2. The molecule has 1 unspecified atom stereocenters. The van der Waals surface area contributed by atoms with Gasteiger partial charge in [-0.05, 0) is 36.0 Å². The van der Waals surface area contributed by atoms with E-state index in [-0.39, 0.29) is 28.7 Å². The summed E-state index contributed by atoms with van der Waals surface area (Å²) in [6.07, 6.45) is 1.54. The molecule has 1 aliphatic rings. The average molecular weight is 455 g/mol. The second kappa shape index (κ2) is 10.5. The Morgan fingerprint density at radius 3 is 2.10 bits per heavy atom. The van der Waals surface area contributed by atoms with E-state index in [0.717, 1.165) is 0 Å². The number of carboxylic acids is 1. The summed E-state index contributed by atoms with van der Waals surface area (Å²) in [5.74, 6) is -4.61. The smallest absolute Gasteiger partial charge is 0.341 e. The zero-order valence-electron chi connectivity index (χ0n) is 16.0. The Labute approximate surface area is 183 Å². The van der Waals surface area contributed by atoms with E-state index in [9.17, 15) is 24.0 Å². The molecule has 0 saturated heterocycles. The van der Waals surface area contributed by atoms with Crippen molar-refractivity contribution >= 4 is 52.3 Å². The van der Waals surface area contributed by atoms with Gasteiger partial charge in [-0.15, -0.1) is 29.8 Å². The van der Waals surface area contributed by atoms with Gasteiger partial charge in [-0.1, -0.05) is 6.08 Å². The third kappa shape index (κ3) is 5.55. The molecule has 2 rings (SSSR count). The van der Waals surface area contributed by atoms with E-state index in [1.165, 1.54) is 6.07 Å². The zero-order chi connectivity index (χ0) is 22.4. The predicted molar refractivity (Wildman–Crippen MR) is 110 cm³/mol. The summed E-state index contributed by atoms with van der Waals surface area (Å²) in [5.41, 5.74) is 1.03. The second-order valence-electron chi connectivity index (χ2n) is 6.89. The van der Waals surface area contributed by atoms with Gasteiger partial charge in [0.15, 0.2) is 29.7 Å². The van der Waals surface area contributed by atoms with Gasteiger partial charge in [-0.3, -0.25) is 19.2 Å². The van der Waals surface area contributed by atoms with Gasteiger partial charge in [0.2, 0.25) is 0 Å². The topological polar surface area (TPSA) is 115 Å². The van der Waals surface area contributed by atoms with E-state index >= 15 is 0 Å². The number of hydrogen-bond acceptors (Lipinski definition) is 6. The van der Waals surface area contributed by atoms with Gasteiger partial charge < -0.3 is 9.84 Å². The molecule has 0 fully saturated rings. The van der Waals surface area contributed by atoms with Gasteiger partial charge in [-0.2, -0.15) is 0 Å². The highest BCUT2D eigenvalue weighted by atomic mass is 35.5. The van der Waals surface area contributed by atoms with Crippen LogP contribution < -0.4 is 4.74 Å². The number of aliphatic carboxylic acids is 1. The lowest BCUT2D eigenvalue weighted by Crippen LogP contribution is -2.21. The van der Waals surface area contributed by atoms with Crippen LogP contribution in [0.1, 0.15) is 44.7 Å². The Morgan fingerprint density at radius 1 is 1.03 bits per heavy atom. The summed E-state index contributed by atoms with van der Waals surface area (Å²) >= 11 is 11.0. The highest BCUT2D eigenvalue weighted by Crippen LogP contribution is 2.38. The van der Waals surface area contributed by atoms with Crippen LogP contribution in [0.4, 0.5) is 0 Å². The molecule has 1 aromatic rings. The van der Waals surface area contributed by atoms with Gasteiger partial charge >= 0.3 is 5.97 Å². The Kier molecular flexibility index (Phi) is 8.32. The van der Waals surface area contributed by atoms with Crippen molar-refractivity contribution in [3.8, 4) is 5.75 Å². The number of alkyl halides is 2. The lowest BCUT2D eigenvalue weighted by molar-refractivity contribution is -0.139. The van der Waals surface area contributed by atoms with Crippen LogP contribution >= 0.6 is 23.2 Å². The molecule has 9 heteroatoms. The van der Waals surface area contributed by atoms with E-state index < -0.39 is 54.4 Å². The van der Waals surface area contributed by atoms with E-state index in [0.29, 0.717) is 24.0 Å². The van der Waals surface area contributed by atoms with Crippen LogP contribution in [-0.2, 0) is 27.2 Å². The number of allylic oxidation sites excluding steroid dienone is 1. The molecule has 1 atom stereocenters. The fourth-order valence-electron chi connectivity index (χ4n) is 3.42. The number of rotatable bonds is 12. The van der Waals surface area contributed by atoms with E-state index in [2.05, 4.69) is 6.58 Å². The van der Waals surface area contributed by atoms with Crippen LogP contribution in [0.25, 0.3) is 0 Å². The largest absolute Gasteiger partial charge is 0.481 e. The molecular formula is C21H20Cl2O7. The Bertz CT molecular complexity index is 920. The van der Waals surface area contributed by atoms with E-state index in [1.54, 1.807) is 6.08 Å². The summed E-state index contributed by atoms with van der Waals surface area (Å²) in [6.45, 7) is 3.01. The first-order valence-corrected chi connectivity index (χ1v) is 10.2. The van der Waals surface area contributed by atoms with Crippen molar-refractivity contribution in [1.29, 1.82) is 0 Å². The van der Waals surface area contributed by atoms with Crippen molar-refractivity contribution in [3.63, 3.8) is 0 Å². The molecule has 0 aliphatic heterocycles. The molecular weight excluding hydrogens is 435 g/mol. The summed E-state index contributed by atoms with van der Waals surface area (Å²) in [7, 11) is 0. The number of carbonyl (C=O) groups excluding carboxylic acids is 4. The molecule has 160 valence electrons. The van der Waals surface area contributed by atoms with Crippen LogP contribution in [0, 0.1) is 5.92 Å². The first-order valence-electron chi connectivity index (χ1n) is 9.09. The third-order valence-electron chi connectivity index (χ3n) is 4.70. The normalized spacial score (nSPS) is 14.7. The molecule has 0 heterocycles. The van der Waals surface area contributed by atoms with Gasteiger partial charge in [0.05, 0.1) is 30.2 Å². The molecule has 0 saturated carbocycles.